The van der Waals surface area contributed by atoms with Crippen LogP contribution in [0.2, 0.25) is 0 Å². The molecule has 1 aliphatic carbocycles. The van der Waals surface area contributed by atoms with Crippen molar-refractivity contribution in [3.05, 3.63) is 29.8 Å². The Morgan fingerprint density at radius 2 is 1.85 bits per heavy atom. The number of piperidine rings is 1. The molecule has 0 spiro atoms. The van der Waals surface area contributed by atoms with Gasteiger partial charge in [0.25, 0.3) is 0 Å². The maximum atomic E-state index is 12.7. The molecule has 132 valence electrons. The molecular weight excluding hydrogens is 350 g/mol. The fourth-order valence-electron chi connectivity index (χ4n) is 3.24. The Bertz CT molecular complexity index is 969. The molecule has 1 heterocycles. The Morgan fingerprint density at radius 3 is 2.46 bits per heavy atom. The lowest BCUT2D eigenvalue weighted by Gasteiger charge is -2.19. The van der Waals surface area contributed by atoms with Crippen LogP contribution in [0.5, 0.6) is 0 Å². The fourth-order valence-corrected chi connectivity index (χ4v) is 4.76. The molecule has 6 heteroatoms. The smallest absolute Gasteiger partial charge is 0.310 e. The van der Waals surface area contributed by atoms with Crippen LogP contribution in [-0.4, -0.2) is 38.4 Å². The summed E-state index contributed by atoms with van der Waals surface area (Å²) < 4.78 is 31.9. The van der Waals surface area contributed by atoms with Crippen LogP contribution in [0.1, 0.15) is 5.56 Å². The third kappa shape index (κ3) is 3.60. The molecule has 0 bridgehead atoms. The van der Waals surface area contributed by atoms with Crippen LogP contribution >= 0.6 is 0 Å². The van der Waals surface area contributed by atoms with Gasteiger partial charge in [0.05, 0.1) is 10.8 Å². The van der Waals surface area contributed by atoms with Gasteiger partial charge in [-0.2, -0.15) is 4.31 Å². The summed E-state index contributed by atoms with van der Waals surface area (Å²) in [6.45, 7) is 2.56. The maximum Gasteiger partial charge on any atom is 0.310 e. The van der Waals surface area contributed by atoms with E-state index in [0.717, 1.165) is 5.56 Å². The van der Waals surface area contributed by atoms with Gasteiger partial charge in [0.1, 0.15) is 0 Å². The largest absolute Gasteiger partial charge is 0.452 e. The molecule has 1 saturated carbocycles. The van der Waals surface area contributed by atoms with Crippen LogP contribution in [0.4, 0.5) is 0 Å². The van der Waals surface area contributed by atoms with E-state index in [1.165, 1.54) is 4.31 Å². The van der Waals surface area contributed by atoms with Gasteiger partial charge in [-0.1, -0.05) is 17.7 Å². The van der Waals surface area contributed by atoms with E-state index in [9.17, 15) is 13.2 Å². The van der Waals surface area contributed by atoms with E-state index in [1.807, 2.05) is 6.92 Å². The fraction of sp³-hybridized carbons (Fsp3) is 0.350. The second-order valence-corrected chi connectivity index (χ2v) is 8.23. The Labute approximate surface area is 153 Å². The number of terminal acetylenes is 1. The predicted molar refractivity (Wildman–Crippen MR) is 95.8 cm³/mol. The van der Waals surface area contributed by atoms with E-state index in [2.05, 4.69) is 29.6 Å². The molecule has 2 fully saturated rings. The number of fused-ring (bicyclic) bond motifs is 1. The van der Waals surface area contributed by atoms with E-state index in [1.54, 1.807) is 24.3 Å². The zero-order chi connectivity index (χ0) is 18.7. The molecule has 2 aliphatic rings. The SMILES string of the molecule is C#CC#CC#CCOC(=O)C1[C@H]2CN(S(=O)(=O)c3ccc(C)cc3)C[C@@H]12. The number of hydrogen-bond acceptors (Lipinski definition) is 4. The average molecular weight is 367 g/mol. The lowest BCUT2D eigenvalue weighted by atomic mass is 10.2. The van der Waals surface area contributed by atoms with Gasteiger partial charge in [-0.15, -0.1) is 6.42 Å². The van der Waals surface area contributed by atoms with Crippen LogP contribution in [-0.2, 0) is 19.6 Å². The predicted octanol–water partition coefficient (Wildman–Crippen LogP) is 1.04. The molecule has 5 nitrogen and oxygen atoms in total. The number of ether oxygens (including phenoxy) is 1. The summed E-state index contributed by atoms with van der Waals surface area (Å²) in [6.07, 6.45) is 4.95. The highest BCUT2D eigenvalue weighted by Crippen LogP contribution is 2.53. The van der Waals surface area contributed by atoms with Gasteiger partial charge >= 0.3 is 5.97 Å². The van der Waals surface area contributed by atoms with Gasteiger partial charge in [-0.05, 0) is 60.5 Å². The molecule has 1 saturated heterocycles. The summed E-state index contributed by atoms with van der Waals surface area (Å²) in [6, 6.07) is 6.78. The molecule has 0 amide bonds. The lowest BCUT2D eigenvalue weighted by Crippen LogP contribution is -2.32. The van der Waals surface area contributed by atoms with Gasteiger partial charge in [-0.25, -0.2) is 8.42 Å². The van der Waals surface area contributed by atoms with Crippen LogP contribution in [0.3, 0.4) is 0 Å². The molecule has 1 unspecified atom stereocenters. The quantitative estimate of drug-likeness (QED) is 0.589. The third-order valence-electron chi connectivity index (χ3n) is 4.66. The number of rotatable bonds is 4. The highest BCUT2D eigenvalue weighted by Gasteiger charge is 2.62. The molecule has 1 aromatic carbocycles. The van der Waals surface area contributed by atoms with Crippen LogP contribution < -0.4 is 0 Å². The summed E-state index contributed by atoms with van der Waals surface area (Å²) in [5, 5.41) is 0. The van der Waals surface area contributed by atoms with Crippen molar-refractivity contribution in [1.82, 2.24) is 4.31 Å². The Hall–Kier alpha value is -2.72. The van der Waals surface area contributed by atoms with Gasteiger partial charge < -0.3 is 4.74 Å². The topological polar surface area (TPSA) is 63.7 Å². The Balaban J connectivity index is 1.53. The Kier molecular flexibility index (Phi) is 5.05. The van der Waals surface area contributed by atoms with Gasteiger partial charge in [-0.3, -0.25) is 4.79 Å². The minimum atomic E-state index is -3.51. The molecule has 0 aromatic heterocycles. The number of carbonyl (C=O) groups excluding carboxylic acids is 1. The van der Waals surface area contributed by atoms with Crippen LogP contribution in [0.15, 0.2) is 29.2 Å². The third-order valence-corrected chi connectivity index (χ3v) is 6.51. The van der Waals surface area contributed by atoms with E-state index >= 15 is 0 Å². The number of benzene rings is 1. The summed E-state index contributed by atoms with van der Waals surface area (Å²) in [5.74, 6) is 11.4. The van der Waals surface area contributed by atoms with Crippen LogP contribution in [0, 0.1) is 60.7 Å². The summed E-state index contributed by atoms with van der Waals surface area (Å²) in [5.41, 5.74) is 1.00. The van der Waals surface area contributed by atoms with Crippen molar-refractivity contribution >= 4 is 16.0 Å². The number of esters is 1. The van der Waals surface area contributed by atoms with Crippen molar-refractivity contribution in [2.45, 2.75) is 11.8 Å². The zero-order valence-electron chi connectivity index (χ0n) is 14.2. The van der Waals surface area contributed by atoms with Crippen molar-refractivity contribution in [3.63, 3.8) is 0 Å². The molecule has 0 N–H and O–H groups in total. The normalized spacial score (nSPS) is 23.5. The van der Waals surface area contributed by atoms with Crippen molar-refractivity contribution in [1.29, 1.82) is 0 Å². The molecule has 3 atom stereocenters. The standard InChI is InChI=1S/C20H17NO4S/c1-3-4-5-6-7-12-25-20(22)19-17-13-21(14-18(17)19)26(23,24)16-10-8-15(2)9-11-16/h1,8-11,17-19H,12-14H2,2H3/t17-,18+,19?. The molecule has 3 rings (SSSR count). The first-order valence-electron chi connectivity index (χ1n) is 8.12. The summed E-state index contributed by atoms with van der Waals surface area (Å²) >= 11 is 0. The highest BCUT2D eigenvalue weighted by molar-refractivity contribution is 7.89. The van der Waals surface area contributed by atoms with E-state index < -0.39 is 10.0 Å². The number of hydrogen-bond donors (Lipinski definition) is 0. The first kappa shape index (κ1) is 18.1. The summed E-state index contributed by atoms with van der Waals surface area (Å²) in [4.78, 5) is 12.3. The molecule has 1 aliphatic heterocycles. The van der Waals surface area contributed by atoms with Crippen molar-refractivity contribution in [3.8, 4) is 36.0 Å². The number of carbonyl (C=O) groups is 1. The van der Waals surface area contributed by atoms with Crippen molar-refractivity contribution in [2.24, 2.45) is 17.8 Å². The number of nitrogens with zero attached hydrogens (tertiary/aromatic N) is 1. The van der Waals surface area contributed by atoms with Gasteiger partial charge in [0.15, 0.2) is 6.61 Å². The Morgan fingerprint density at radius 1 is 1.19 bits per heavy atom. The summed E-state index contributed by atoms with van der Waals surface area (Å²) in [7, 11) is -3.51. The van der Waals surface area contributed by atoms with Crippen LogP contribution in [0.25, 0.3) is 0 Å². The van der Waals surface area contributed by atoms with E-state index in [-0.39, 0.29) is 35.2 Å². The molecule has 1 aromatic rings. The van der Waals surface area contributed by atoms with Gasteiger partial charge in [0, 0.05) is 13.1 Å². The number of sulfonamides is 1. The first-order valence-corrected chi connectivity index (χ1v) is 9.56. The molecule has 0 radical (unpaired) electrons. The minimum absolute atomic E-state index is 0.0249. The van der Waals surface area contributed by atoms with E-state index in [4.69, 9.17) is 11.2 Å². The molecule has 26 heavy (non-hydrogen) atoms. The first-order chi connectivity index (χ1) is 12.4. The van der Waals surface area contributed by atoms with Gasteiger partial charge in [0.2, 0.25) is 10.0 Å². The van der Waals surface area contributed by atoms with Crippen molar-refractivity contribution < 1.29 is 17.9 Å². The second kappa shape index (κ2) is 7.26. The number of aryl methyl sites for hydroxylation is 1. The van der Waals surface area contributed by atoms with Crippen molar-refractivity contribution in [2.75, 3.05) is 19.7 Å². The average Bonchev–Trinajstić information content (AvgIpc) is 3.11. The minimum Gasteiger partial charge on any atom is -0.452 e. The zero-order valence-corrected chi connectivity index (χ0v) is 15.0. The highest BCUT2D eigenvalue weighted by atomic mass is 32.2. The monoisotopic (exact) mass is 367 g/mol. The second-order valence-electron chi connectivity index (χ2n) is 6.29. The molecular formula is C20H17NO4S. The van der Waals surface area contributed by atoms with E-state index in [0.29, 0.717) is 13.1 Å². The lowest BCUT2D eigenvalue weighted by molar-refractivity contribution is -0.144. The maximum absolute atomic E-state index is 12.7.